The number of ether oxygens (including phenoxy) is 2. The van der Waals surface area contributed by atoms with Crippen LogP contribution in [0.2, 0.25) is 0 Å². The Morgan fingerprint density at radius 3 is 2.74 bits per heavy atom. The van der Waals surface area contributed by atoms with Crippen LogP contribution < -0.4 is 15.5 Å². The Morgan fingerprint density at radius 1 is 1.42 bits per heavy atom. The number of rotatable bonds is 7. The van der Waals surface area contributed by atoms with Crippen LogP contribution in [-0.2, 0) is 9.53 Å². The predicted octanol–water partition coefficient (Wildman–Crippen LogP) is -0.484. The maximum absolute atomic E-state index is 11.2. The van der Waals surface area contributed by atoms with Crippen LogP contribution in [0.25, 0.3) is 0 Å². The molecule has 1 rings (SSSR count). The lowest BCUT2D eigenvalue weighted by atomic mass is 9.80. The molecule has 0 spiro atoms. The van der Waals surface area contributed by atoms with Crippen molar-refractivity contribution in [2.45, 2.75) is 0 Å². The van der Waals surface area contributed by atoms with Gasteiger partial charge in [0.2, 0.25) is 5.91 Å². The molecule has 0 unspecified atom stereocenters. The van der Waals surface area contributed by atoms with Gasteiger partial charge >= 0.3 is 7.12 Å². The fraction of sp³-hybridized carbons (Fsp3) is 0.250. The molecule has 0 heterocycles. The molecule has 0 aromatic heterocycles. The zero-order valence-corrected chi connectivity index (χ0v) is 10.6. The highest BCUT2D eigenvalue weighted by Crippen LogP contribution is 2.16. The lowest BCUT2D eigenvalue weighted by molar-refractivity contribution is -0.111. The van der Waals surface area contributed by atoms with Gasteiger partial charge in [-0.15, -0.1) is 0 Å². The Morgan fingerprint density at radius 2 is 2.16 bits per heavy atom. The minimum atomic E-state index is -1.65. The van der Waals surface area contributed by atoms with E-state index in [0.717, 1.165) is 6.08 Å². The molecule has 0 fully saturated rings. The minimum Gasteiger partial charge on any atom is -0.491 e. The molecule has 1 amide bonds. The van der Waals surface area contributed by atoms with Crippen molar-refractivity contribution in [3.8, 4) is 5.75 Å². The number of benzene rings is 1. The Bertz CT molecular complexity index is 450. The lowest BCUT2D eigenvalue weighted by Crippen LogP contribution is -2.30. The van der Waals surface area contributed by atoms with Gasteiger partial charge in [0, 0.05) is 18.9 Å². The smallest absolute Gasteiger partial charge is 0.488 e. The summed E-state index contributed by atoms with van der Waals surface area (Å²) in [5, 5.41) is 20.9. The van der Waals surface area contributed by atoms with Crippen molar-refractivity contribution in [3.63, 3.8) is 0 Å². The van der Waals surface area contributed by atoms with Crippen molar-refractivity contribution in [1.82, 2.24) is 0 Å². The van der Waals surface area contributed by atoms with Crippen LogP contribution in [0.4, 0.5) is 5.69 Å². The fourth-order valence-corrected chi connectivity index (χ4v) is 1.36. The number of amides is 1. The van der Waals surface area contributed by atoms with E-state index in [1.54, 1.807) is 13.2 Å². The number of carbonyl (C=O) groups is 1. The first-order chi connectivity index (χ1) is 9.06. The molecule has 0 saturated carbocycles. The number of nitrogens with one attached hydrogen (secondary N) is 1. The SMILES string of the molecule is C=CC(=O)Nc1cc(OCCOC)cc(B(O)O)c1. The summed E-state index contributed by atoms with van der Waals surface area (Å²) in [6.45, 7) is 4.06. The molecule has 102 valence electrons. The summed E-state index contributed by atoms with van der Waals surface area (Å²) in [5.74, 6) is 0.00873. The molecular weight excluding hydrogens is 249 g/mol. The van der Waals surface area contributed by atoms with E-state index in [1.807, 2.05) is 0 Å². The summed E-state index contributed by atoms with van der Waals surface area (Å²) >= 11 is 0. The van der Waals surface area contributed by atoms with Crippen LogP contribution >= 0.6 is 0 Å². The molecule has 19 heavy (non-hydrogen) atoms. The summed E-state index contributed by atoms with van der Waals surface area (Å²) in [6.07, 6.45) is 1.12. The molecule has 3 N–H and O–H groups in total. The summed E-state index contributed by atoms with van der Waals surface area (Å²) in [7, 11) is -0.0992. The molecule has 0 aliphatic heterocycles. The average molecular weight is 265 g/mol. The zero-order valence-electron chi connectivity index (χ0n) is 10.6. The monoisotopic (exact) mass is 265 g/mol. The third kappa shape index (κ3) is 5.13. The molecule has 1 aromatic rings. The molecule has 1 aromatic carbocycles. The van der Waals surface area contributed by atoms with Gasteiger partial charge in [0.1, 0.15) is 12.4 Å². The van der Waals surface area contributed by atoms with Crippen molar-refractivity contribution < 1.29 is 24.3 Å². The predicted molar refractivity (Wildman–Crippen MR) is 72.5 cm³/mol. The molecule has 0 radical (unpaired) electrons. The first kappa shape index (κ1) is 15.2. The molecule has 0 aliphatic carbocycles. The Hall–Kier alpha value is -1.83. The fourth-order valence-electron chi connectivity index (χ4n) is 1.36. The van der Waals surface area contributed by atoms with Crippen molar-refractivity contribution in [2.24, 2.45) is 0 Å². The van der Waals surface area contributed by atoms with E-state index < -0.39 is 13.0 Å². The zero-order chi connectivity index (χ0) is 14.3. The van der Waals surface area contributed by atoms with E-state index in [-0.39, 0.29) is 5.46 Å². The van der Waals surface area contributed by atoms with Crippen LogP contribution in [-0.4, -0.2) is 43.4 Å². The molecule has 7 heteroatoms. The quantitative estimate of drug-likeness (QED) is 0.352. The summed E-state index contributed by atoms with van der Waals surface area (Å²) < 4.78 is 10.2. The maximum atomic E-state index is 11.2. The number of hydrogen-bond donors (Lipinski definition) is 3. The number of carbonyl (C=O) groups excluding carboxylic acids is 1. The highest BCUT2D eigenvalue weighted by Gasteiger charge is 2.14. The van der Waals surface area contributed by atoms with E-state index >= 15 is 0 Å². The van der Waals surface area contributed by atoms with Crippen molar-refractivity contribution in [1.29, 1.82) is 0 Å². The molecule has 0 saturated heterocycles. The minimum absolute atomic E-state index is 0.217. The maximum Gasteiger partial charge on any atom is 0.488 e. The number of anilines is 1. The Balaban J connectivity index is 2.90. The Kier molecular flexibility index (Phi) is 6.07. The highest BCUT2D eigenvalue weighted by atomic mass is 16.5. The van der Waals surface area contributed by atoms with E-state index in [2.05, 4.69) is 11.9 Å². The molecule has 0 atom stereocenters. The standard InChI is InChI=1S/C12H16BNO5/c1-3-12(15)14-10-6-9(13(16)17)7-11(8-10)19-5-4-18-2/h3,6-8,16-17H,1,4-5H2,2H3,(H,14,15). The molecule has 0 bridgehead atoms. The second-order valence-corrected chi connectivity index (χ2v) is 3.70. The topological polar surface area (TPSA) is 88.0 Å². The second-order valence-electron chi connectivity index (χ2n) is 3.70. The average Bonchev–Trinajstić information content (AvgIpc) is 2.38. The van der Waals surface area contributed by atoms with Crippen LogP contribution in [0.15, 0.2) is 30.9 Å². The van der Waals surface area contributed by atoms with Gasteiger partial charge in [-0.05, 0) is 23.7 Å². The van der Waals surface area contributed by atoms with Crippen LogP contribution in [0.1, 0.15) is 0 Å². The number of methoxy groups -OCH3 is 1. The third-order valence-corrected chi connectivity index (χ3v) is 2.24. The van der Waals surface area contributed by atoms with Gasteiger partial charge in [-0.25, -0.2) is 0 Å². The lowest BCUT2D eigenvalue weighted by Gasteiger charge is -2.11. The highest BCUT2D eigenvalue weighted by molar-refractivity contribution is 6.58. The van der Waals surface area contributed by atoms with Crippen LogP contribution in [0, 0.1) is 0 Å². The van der Waals surface area contributed by atoms with Gasteiger partial charge in [-0.1, -0.05) is 6.58 Å². The summed E-state index contributed by atoms with van der Waals surface area (Å²) in [4.78, 5) is 11.2. The first-order valence-corrected chi connectivity index (χ1v) is 5.63. The van der Waals surface area contributed by atoms with Gasteiger partial charge in [0.15, 0.2) is 0 Å². The number of hydrogen-bond acceptors (Lipinski definition) is 5. The second kappa shape index (κ2) is 7.57. The van der Waals surface area contributed by atoms with E-state index in [1.165, 1.54) is 12.1 Å². The van der Waals surface area contributed by atoms with Gasteiger partial charge in [0.25, 0.3) is 0 Å². The van der Waals surface area contributed by atoms with Crippen molar-refractivity contribution in [2.75, 3.05) is 25.6 Å². The molecule has 0 aliphatic rings. The first-order valence-electron chi connectivity index (χ1n) is 5.63. The van der Waals surface area contributed by atoms with Crippen LogP contribution in [0.5, 0.6) is 5.75 Å². The molecule has 6 nitrogen and oxygen atoms in total. The third-order valence-electron chi connectivity index (χ3n) is 2.24. The Labute approximate surface area is 111 Å². The van der Waals surface area contributed by atoms with E-state index in [4.69, 9.17) is 9.47 Å². The van der Waals surface area contributed by atoms with Crippen molar-refractivity contribution >= 4 is 24.2 Å². The van der Waals surface area contributed by atoms with Gasteiger partial charge in [-0.3, -0.25) is 4.79 Å². The van der Waals surface area contributed by atoms with Crippen molar-refractivity contribution in [3.05, 3.63) is 30.9 Å². The van der Waals surface area contributed by atoms with Gasteiger partial charge in [-0.2, -0.15) is 0 Å². The van der Waals surface area contributed by atoms with Gasteiger partial charge < -0.3 is 24.8 Å². The largest absolute Gasteiger partial charge is 0.491 e. The van der Waals surface area contributed by atoms with E-state index in [9.17, 15) is 14.8 Å². The van der Waals surface area contributed by atoms with E-state index in [0.29, 0.717) is 24.7 Å². The van der Waals surface area contributed by atoms with Crippen LogP contribution in [0.3, 0.4) is 0 Å². The normalized spacial score (nSPS) is 9.84. The summed E-state index contributed by atoms with van der Waals surface area (Å²) in [6, 6.07) is 4.49. The molecular formula is C12H16BNO5. The van der Waals surface area contributed by atoms with Gasteiger partial charge in [0.05, 0.1) is 6.61 Å². The summed E-state index contributed by atoms with van der Waals surface area (Å²) in [5.41, 5.74) is 0.609.